The number of nitrogens with one attached hydrogen (secondary N) is 1. The average Bonchev–Trinajstić information content (AvgIpc) is 2.56. The van der Waals surface area contributed by atoms with E-state index in [2.05, 4.69) is 5.32 Å². The van der Waals surface area contributed by atoms with Gasteiger partial charge in [0.05, 0.1) is 18.1 Å². The van der Waals surface area contributed by atoms with Crippen LogP contribution in [-0.2, 0) is 9.53 Å². The van der Waals surface area contributed by atoms with Crippen molar-refractivity contribution in [3.63, 3.8) is 0 Å². The van der Waals surface area contributed by atoms with Gasteiger partial charge in [0.2, 0.25) is 5.91 Å². The van der Waals surface area contributed by atoms with Crippen LogP contribution >= 0.6 is 12.4 Å². The van der Waals surface area contributed by atoms with Crippen molar-refractivity contribution in [1.82, 2.24) is 5.32 Å². The zero-order valence-electron chi connectivity index (χ0n) is 13.8. The zero-order chi connectivity index (χ0) is 16.0. The second-order valence-electron chi connectivity index (χ2n) is 5.80. The van der Waals surface area contributed by atoms with Gasteiger partial charge in [0.1, 0.15) is 5.75 Å². The van der Waals surface area contributed by atoms with E-state index in [1.54, 1.807) is 0 Å². The Labute approximate surface area is 144 Å². The van der Waals surface area contributed by atoms with Gasteiger partial charge < -0.3 is 20.5 Å². The first-order valence-electron chi connectivity index (χ1n) is 7.93. The van der Waals surface area contributed by atoms with Crippen LogP contribution in [0, 0.1) is 5.41 Å². The number of halogens is 1. The Balaban J connectivity index is 0.00000264. The molecule has 3 N–H and O–H groups in total. The lowest BCUT2D eigenvalue weighted by Crippen LogP contribution is -2.49. The van der Waals surface area contributed by atoms with Gasteiger partial charge in [-0.15, -0.1) is 12.4 Å². The largest absolute Gasteiger partial charge is 0.494 e. The Morgan fingerprint density at radius 1 is 1.43 bits per heavy atom. The van der Waals surface area contributed by atoms with Gasteiger partial charge in [-0.3, -0.25) is 4.79 Å². The van der Waals surface area contributed by atoms with Crippen LogP contribution in [0.1, 0.15) is 38.3 Å². The van der Waals surface area contributed by atoms with Crippen LogP contribution < -0.4 is 15.8 Å². The molecule has 1 heterocycles. The SMILES string of the molecule is CCOc1cccc(C(C)NC(=O)C2(CN)CCOCC2)c1.Cl. The van der Waals surface area contributed by atoms with Crippen LogP contribution in [0.5, 0.6) is 5.75 Å². The van der Waals surface area contributed by atoms with Crippen LogP contribution in [0.25, 0.3) is 0 Å². The number of benzene rings is 1. The average molecular weight is 343 g/mol. The maximum atomic E-state index is 12.7. The van der Waals surface area contributed by atoms with Crippen LogP contribution in [0.3, 0.4) is 0 Å². The lowest BCUT2D eigenvalue weighted by atomic mass is 9.79. The highest BCUT2D eigenvalue weighted by Crippen LogP contribution is 2.30. The molecule has 6 heteroatoms. The molecule has 0 aromatic heterocycles. The minimum absolute atomic E-state index is 0. The quantitative estimate of drug-likeness (QED) is 0.832. The maximum Gasteiger partial charge on any atom is 0.228 e. The molecular formula is C17H27ClN2O3. The van der Waals surface area contributed by atoms with Gasteiger partial charge in [-0.05, 0) is 44.4 Å². The summed E-state index contributed by atoms with van der Waals surface area (Å²) in [5.41, 5.74) is 6.41. The van der Waals surface area contributed by atoms with E-state index in [0.29, 0.717) is 39.2 Å². The lowest BCUT2D eigenvalue weighted by Gasteiger charge is -2.35. The molecule has 1 aromatic carbocycles. The molecular weight excluding hydrogens is 316 g/mol. The number of hydrogen-bond acceptors (Lipinski definition) is 4. The summed E-state index contributed by atoms with van der Waals surface area (Å²) in [6.45, 7) is 6.10. The highest BCUT2D eigenvalue weighted by molar-refractivity contribution is 5.85. The molecule has 1 aliphatic heterocycles. The Morgan fingerprint density at radius 2 is 2.13 bits per heavy atom. The van der Waals surface area contributed by atoms with Crippen LogP contribution in [-0.4, -0.2) is 32.3 Å². The van der Waals surface area contributed by atoms with Gasteiger partial charge in [-0.1, -0.05) is 12.1 Å². The molecule has 1 aliphatic rings. The minimum atomic E-state index is -0.496. The summed E-state index contributed by atoms with van der Waals surface area (Å²) in [5.74, 6) is 0.841. The van der Waals surface area contributed by atoms with E-state index in [1.807, 2.05) is 38.1 Å². The van der Waals surface area contributed by atoms with Gasteiger partial charge >= 0.3 is 0 Å². The molecule has 0 spiro atoms. The van der Waals surface area contributed by atoms with Crippen molar-refractivity contribution in [2.24, 2.45) is 11.1 Å². The number of carbonyl (C=O) groups is 1. The summed E-state index contributed by atoms with van der Waals surface area (Å²) < 4.78 is 10.9. The van der Waals surface area contributed by atoms with Crippen LogP contribution in [0.2, 0.25) is 0 Å². The lowest BCUT2D eigenvalue weighted by molar-refractivity contribution is -0.136. The first-order valence-corrected chi connectivity index (χ1v) is 7.93. The Kier molecular flexibility index (Phi) is 7.82. The molecule has 1 aromatic rings. The predicted octanol–water partition coefficient (Wildman–Crippen LogP) is 2.44. The summed E-state index contributed by atoms with van der Waals surface area (Å²) in [4.78, 5) is 12.7. The zero-order valence-corrected chi connectivity index (χ0v) is 14.7. The summed E-state index contributed by atoms with van der Waals surface area (Å²) in [6.07, 6.45) is 1.36. The van der Waals surface area contributed by atoms with Gasteiger partial charge in [0.25, 0.3) is 0 Å². The third-order valence-electron chi connectivity index (χ3n) is 4.34. The molecule has 2 rings (SSSR count). The Hall–Kier alpha value is -1.30. The molecule has 0 bridgehead atoms. The van der Waals surface area contributed by atoms with Gasteiger partial charge in [0.15, 0.2) is 0 Å². The molecule has 1 atom stereocenters. The number of hydrogen-bond donors (Lipinski definition) is 2. The minimum Gasteiger partial charge on any atom is -0.494 e. The van der Waals surface area contributed by atoms with Crippen molar-refractivity contribution in [1.29, 1.82) is 0 Å². The fourth-order valence-corrected chi connectivity index (χ4v) is 2.76. The topological polar surface area (TPSA) is 73.6 Å². The fraction of sp³-hybridized carbons (Fsp3) is 0.588. The molecule has 23 heavy (non-hydrogen) atoms. The molecule has 1 amide bonds. The smallest absolute Gasteiger partial charge is 0.228 e. The first-order chi connectivity index (χ1) is 10.6. The molecule has 0 aliphatic carbocycles. The molecule has 1 unspecified atom stereocenters. The monoisotopic (exact) mass is 342 g/mol. The second-order valence-corrected chi connectivity index (χ2v) is 5.80. The highest BCUT2D eigenvalue weighted by atomic mass is 35.5. The van der Waals surface area contributed by atoms with Gasteiger partial charge in [-0.2, -0.15) is 0 Å². The normalized spacial score (nSPS) is 17.7. The van der Waals surface area contributed by atoms with E-state index < -0.39 is 5.41 Å². The third kappa shape index (κ3) is 4.83. The van der Waals surface area contributed by atoms with Crippen LogP contribution in [0.4, 0.5) is 0 Å². The molecule has 0 radical (unpaired) electrons. The number of ether oxygens (including phenoxy) is 2. The van der Waals surface area contributed by atoms with Crippen molar-refractivity contribution in [2.75, 3.05) is 26.4 Å². The Morgan fingerprint density at radius 3 is 2.74 bits per heavy atom. The Bertz CT molecular complexity index is 504. The number of rotatable bonds is 6. The van der Waals surface area contributed by atoms with E-state index in [-0.39, 0.29) is 24.4 Å². The summed E-state index contributed by atoms with van der Waals surface area (Å²) in [5, 5.41) is 3.10. The standard InChI is InChI=1S/C17H26N2O3.ClH/c1-3-22-15-6-4-5-14(11-15)13(2)19-16(20)17(12-18)7-9-21-10-8-17;/h4-6,11,13H,3,7-10,12,18H2,1-2H3,(H,19,20);1H. The van der Waals surface area contributed by atoms with Crippen molar-refractivity contribution in [2.45, 2.75) is 32.7 Å². The third-order valence-corrected chi connectivity index (χ3v) is 4.34. The summed E-state index contributed by atoms with van der Waals surface area (Å²) in [6, 6.07) is 7.73. The number of carbonyl (C=O) groups excluding carboxylic acids is 1. The molecule has 1 fully saturated rings. The van der Waals surface area contributed by atoms with Crippen molar-refractivity contribution < 1.29 is 14.3 Å². The van der Waals surface area contributed by atoms with Crippen molar-refractivity contribution >= 4 is 18.3 Å². The van der Waals surface area contributed by atoms with Gasteiger partial charge in [0, 0.05) is 19.8 Å². The van der Waals surface area contributed by atoms with Crippen molar-refractivity contribution in [3.05, 3.63) is 29.8 Å². The number of amides is 1. The molecule has 130 valence electrons. The van der Waals surface area contributed by atoms with Gasteiger partial charge in [-0.25, -0.2) is 0 Å². The van der Waals surface area contributed by atoms with E-state index in [4.69, 9.17) is 15.2 Å². The number of nitrogens with two attached hydrogens (primary N) is 1. The van der Waals surface area contributed by atoms with Crippen molar-refractivity contribution in [3.8, 4) is 5.75 Å². The summed E-state index contributed by atoms with van der Waals surface area (Å²) >= 11 is 0. The fourth-order valence-electron chi connectivity index (χ4n) is 2.76. The molecule has 5 nitrogen and oxygen atoms in total. The molecule has 1 saturated heterocycles. The molecule has 0 saturated carbocycles. The predicted molar refractivity (Wildman–Crippen MR) is 93.0 cm³/mol. The highest BCUT2D eigenvalue weighted by Gasteiger charge is 2.39. The van der Waals surface area contributed by atoms with E-state index in [1.165, 1.54) is 0 Å². The second kappa shape index (κ2) is 9.11. The van der Waals surface area contributed by atoms with E-state index >= 15 is 0 Å². The van der Waals surface area contributed by atoms with E-state index in [0.717, 1.165) is 11.3 Å². The summed E-state index contributed by atoms with van der Waals surface area (Å²) in [7, 11) is 0. The first kappa shape index (κ1) is 19.7. The van der Waals surface area contributed by atoms with E-state index in [9.17, 15) is 4.79 Å². The maximum absolute atomic E-state index is 12.7. The van der Waals surface area contributed by atoms with Crippen LogP contribution in [0.15, 0.2) is 24.3 Å².